The van der Waals surface area contributed by atoms with Crippen LogP contribution in [0, 0.1) is 0 Å². The summed E-state index contributed by atoms with van der Waals surface area (Å²) in [5.74, 6) is 0.103. The van der Waals surface area contributed by atoms with Gasteiger partial charge < -0.3 is 15.4 Å². The first-order valence-electron chi connectivity index (χ1n) is 7.66. The number of morpholine rings is 1. The maximum Gasteiger partial charge on any atom is 0.253 e. The number of amides is 1. The summed E-state index contributed by atoms with van der Waals surface area (Å²) in [5, 5.41) is 0. The van der Waals surface area contributed by atoms with Crippen molar-refractivity contribution in [2.24, 2.45) is 5.73 Å². The zero-order chi connectivity index (χ0) is 14.7. The van der Waals surface area contributed by atoms with Crippen LogP contribution in [0.3, 0.4) is 0 Å². The SMILES string of the molecule is N[C@H]1CCN(C(=O)c2cccc(CN3CCOCC3)c2)C1. The van der Waals surface area contributed by atoms with Crippen LogP contribution in [-0.2, 0) is 11.3 Å². The molecule has 2 aliphatic heterocycles. The molecule has 1 amide bonds. The van der Waals surface area contributed by atoms with Gasteiger partial charge in [0, 0.05) is 44.3 Å². The van der Waals surface area contributed by atoms with Crippen LogP contribution in [0.4, 0.5) is 0 Å². The number of likely N-dealkylation sites (tertiary alicyclic amines) is 1. The number of rotatable bonds is 3. The van der Waals surface area contributed by atoms with Crippen LogP contribution in [0.1, 0.15) is 22.3 Å². The van der Waals surface area contributed by atoms with Crippen molar-refractivity contribution < 1.29 is 9.53 Å². The molecule has 2 fully saturated rings. The smallest absolute Gasteiger partial charge is 0.253 e. The summed E-state index contributed by atoms with van der Waals surface area (Å²) in [6.07, 6.45) is 0.902. The van der Waals surface area contributed by atoms with Gasteiger partial charge in [0.25, 0.3) is 5.91 Å². The Labute approximate surface area is 125 Å². The van der Waals surface area contributed by atoms with Crippen molar-refractivity contribution in [1.29, 1.82) is 0 Å². The number of benzene rings is 1. The van der Waals surface area contributed by atoms with E-state index in [9.17, 15) is 4.79 Å². The van der Waals surface area contributed by atoms with Gasteiger partial charge in [-0.1, -0.05) is 12.1 Å². The molecule has 2 heterocycles. The molecule has 0 unspecified atom stereocenters. The highest BCUT2D eigenvalue weighted by Crippen LogP contribution is 2.15. The molecule has 0 aliphatic carbocycles. The van der Waals surface area contributed by atoms with Crippen molar-refractivity contribution in [2.45, 2.75) is 19.0 Å². The Morgan fingerprint density at radius 3 is 2.81 bits per heavy atom. The normalized spacial score (nSPS) is 23.5. The molecule has 5 heteroatoms. The van der Waals surface area contributed by atoms with E-state index in [4.69, 9.17) is 10.5 Å². The van der Waals surface area contributed by atoms with E-state index in [1.165, 1.54) is 5.56 Å². The summed E-state index contributed by atoms with van der Waals surface area (Å²) in [5.41, 5.74) is 7.84. The van der Waals surface area contributed by atoms with Gasteiger partial charge in [-0.25, -0.2) is 0 Å². The number of nitrogens with two attached hydrogens (primary N) is 1. The largest absolute Gasteiger partial charge is 0.379 e. The molecule has 114 valence electrons. The van der Waals surface area contributed by atoms with E-state index in [-0.39, 0.29) is 11.9 Å². The van der Waals surface area contributed by atoms with Crippen LogP contribution in [0.2, 0.25) is 0 Å². The van der Waals surface area contributed by atoms with Gasteiger partial charge in [-0.05, 0) is 24.1 Å². The number of nitrogens with zero attached hydrogens (tertiary/aromatic N) is 2. The van der Waals surface area contributed by atoms with Gasteiger partial charge in [0.2, 0.25) is 0 Å². The number of ether oxygens (including phenoxy) is 1. The first-order valence-corrected chi connectivity index (χ1v) is 7.66. The minimum Gasteiger partial charge on any atom is -0.379 e. The molecule has 1 aromatic rings. The molecule has 1 atom stereocenters. The predicted octanol–water partition coefficient (Wildman–Crippen LogP) is 0.692. The summed E-state index contributed by atoms with van der Waals surface area (Å²) >= 11 is 0. The van der Waals surface area contributed by atoms with E-state index in [1.54, 1.807) is 0 Å². The Morgan fingerprint density at radius 1 is 1.29 bits per heavy atom. The third-order valence-corrected chi connectivity index (χ3v) is 4.20. The molecular formula is C16H23N3O2. The molecule has 1 aromatic carbocycles. The van der Waals surface area contributed by atoms with Gasteiger partial charge in [0.15, 0.2) is 0 Å². The molecule has 0 bridgehead atoms. The molecule has 0 aromatic heterocycles. The first kappa shape index (κ1) is 14.5. The van der Waals surface area contributed by atoms with Crippen LogP contribution >= 0.6 is 0 Å². The Kier molecular flexibility index (Phi) is 4.53. The summed E-state index contributed by atoms with van der Waals surface area (Å²) in [6.45, 7) is 5.83. The van der Waals surface area contributed by atoms with Crippen LogP contribution in [0.25, 0.3) is 0 Å². The van der Waals surface area contributed by atoms with Crippen LogP contribution < -0.4 is 5.73 Å². The lowest BCUT2D eigenvalue weighted by Crippen LogP contribution is -2.35. The summed E-state index contributed by atoms with van der Waals surface area (Å²) < 4.78 is 5.36. The average Bonchev–Trinajstić information content (AvgIpc) is 2.94. The van der Waals surface area contributed by atoms with Gasteiger partial charge >= 0.3 is 0 Å². The Hall–Kier alpha value is -1.43. The zero-order valence-electron chi connectivity index (χ0n) is 12.3. The highest BCUT2D eigenvalue weighted by Gasteiger charge is 2.24. The van der Waals surface area contributed by atoms with Crippen LogP contribution in [0.15, 0.2) is 24.3 Å². The molecule has 3 rings (SSSR count). The first-order chi connectivity index (χ1) is 10.2. The van der Waals surface area contributed by atoms with E-state index in [0.29, 0.717) is 6.54 Å². The second kappa shape index (κ2) is 6.56. The molecule has 21 heavy (non-hydrogen) atoms. The lowest BCUT2D eigenvalue weighted by atomic mass is 10.1. The second-order valence-electron chi connectivity index (χ2n) is 5.89. The van der Waals surface area contributed by atoms with E-state index in [0.717, 1.165) is 51.4 Å². The van der Waals surface area contributed by atoms with E-state index in [2.05, 4.69) is 11.0 Å². The van der Waals surface area contributed by atoms with Crippen molar-refractivity contribution in [3.63, 3.8) is 0 Å². The predicted molar refractivity (Wildman–Crippen MR) is 81.0 cm³/mol. The topological polar surface area (TPSA) is 58.8 Å². The lowest BCUT2D eigenvalue weighted by molar-refractivity contribution is 0.0341. The third-order valence-electron chi connectivity index (χ3n) is 4.20. The highest BCUT2D eigenvalue weighted by molar-refractivity contribution is 5.94. The maximum absolute atomic E-state index is 12.5. The summed E-state index contributed by atoms with van der Waals surface area (Å²) in [4.78, 5) is 16.7. The number of carbonyl (C=O) groups excluding carboxylic acids is 1. The minimum absolute atomic E-state index is 0.103. The van der Waals surface area contributed by atoms with Crippen LogP contribution in [0.5, 0.6) is 0 Å². The molecule has 0 saturated carbocycles. The fourth-order valence-corrected chi connectivity index (χ4v) is 2.97. The second-order valence-corrected chi connectivity index (χ2v) is 5.89. The Balaban J connectivity index is 1.66. The third kappa shape index (κ3) is 3.61. The molecule has 2 aliphatic rings. The Bertz CT molecular complexity index is 500. The molecular weight excluding hydrogens is 266 g/mol. The molecule has 2 N–H and O–H groups in total. The van der Waals surface area contributed by atoms with Crippen molar-refractivity contribution in [3.8, 4) is 0 Å². The van der Waals surface area contributed by atoms with Gasteiger partial charge in [-0.15, -0.1) is 0 Å². The van der Waals surface area contributed by atoms with Gasteiger partial charge in [-0.3, -0.25) is 9.69 Å². The maximum atomic E-state index is 12.5. The Morgan fingerprint density at radius 2 is 2.10 bits per heavy atom. The quantitative estimate of drug-likeness (QED) is 0.889. The number of hydrogen-bond acceptors (Lipinski definition) is 4. The highest BCUT2D eigenvalue weighted by atomic mass is 16.5. The van der Waals surface area contributed by atoms with Crippen molar-refractivity contribution >= 4 is 5.91 Å². The molecule has 5 nitrogen and oxygen atoms in total. The van der Waals surface area contributed by atoms with E-state index in [1.807, 2.05) is 23.1 Å². The minimum atomic E-state index is 0.103. The molecule has 0 spiro atoms. The van der Waals surface area contributed by atoms with E-state index < -0.39 is 0 Å². The lowest BCUT2D eigenvalue weighted by Gasteiger charge is -2.26. The van der Waals surface area contributed by atoms with E-state index >= 15 is 0 Å². The van der Waals surface area contributed by atoms with Crippen molar-refractivity contribution in [1.82, 2.24) is 9.80 Å². The van der Waals surface area contributed by atoms with Gasteiger partial charge in [0.05, 0.1) is 13.2 Å². The standard InChI is InChI=1S/C16H23N3O2/c17-15-4-5-19(12-15)16(20)14-3-1-2-13(10-14)11-18-6-8-21-9-7-18/h1-3,10,15H,4-9,11-12,17H2/t15-/m0/s1. The summed E-state index contributed by atoms with van der Waals surface area (Å²) in [6, 6.07) is 8.10. The van der Waals surface area contributed by atoms with Crippen LogP contribution in [-0.4, -0.2) is 61.1 Å². The van der Waals surface area contributed by atoms with Crippen molar-refractivity contribution in [2.75, 3.05) is 39.4 Å². The molecule has 2 saturated heterocycles. The fourth-order valence-electron chi connectivity index (χ4n) is 2.97. The number of carbonyl (C=O) groups is 1. The fraction of sp³-hybridized carbons (Fsp3) is 0.562. The zero-order valence-corrected chi connectivity index (χ0v) is 12.3. The monoisotopic (exact) mass is 289 g/mol. The van der Waals surface area contributed by atoms with Gasteiger partial charge in [0.1, 0.15) is 0 Å². The average molecular weight is 289 g/mol. The summed E-state index contributed by atoms with van der Waals surface area (Å²) in [7, 11) is 0. The van der Waals surface area contributed by atoms with Crippen molar-refractivity contribution in [3.05, 3.63) is 35.4 Å². The number of hydrogen-bond donors (Lipinski definition) is 1. The molecule has 0 radical (unpaired) electrons. The van der Waals surface area contributed by atoms with Gasteiger partial charge in [-0.2, -0.15) is 0 Å².